The minimum absolute atomic E-state index is 0.115. The Morgan fingerprint density at radius 1 is 1.40 bits per heavy atom. The van der Waals surface area contributed by atoms with Crippen molar-refractivity contribution in [1.29, 1.82) is 0 Å². The number of aromatic nitrogens is 1. The van der Waals surface area contributed by atoms with Crippen molar-refractivity contribution in [1.82, 2.24) is 9.88 Å². The zero-order chi connectivity index (χ0) is 21.7. The smallest absolute Gasteiger partial charge is 0.344 e. The van der Waals surface area contributed by atoms with Crippen LogP contribution in [0.25, 0.3) is 6.08 Å². The number of carboxylic acid groups (broad SMARTS) is 1. The number of hydrogen-bond acceptors (Lipinski definition) is 8. The van der Waals surface area contributed by atoms with Gasteiger partial charge >= 0.3 is 5.97 Å². The first-order chi connectivity index (χ1) is 14.4. The molecular formula is C20H21N3O5S2. The van der Waals surface area contributed by atoms with Gasteiger partial charge in [-0.3, -0.25) is 9.69 Å². The molecule has 1 amide bonds. The second kappa shape index (κ2) is 9.77. The number of benzene rings is 1. The molecule has 1 aromatic carbocycles. The van der Waals surface area contributed by atoms with Crippen molar-refractivity contribution in [2.45, 2.75) is 26.4 Å². The lowest BCUT2D eigenvalue weighted by atomic mass is 10.1. The molecule has 2 aromatic rings. The number of aliphatic carboxylic acids is 1. The van der Waals surface area contributed by atoms with Crippen LogP contribution in [0.2, 0.25) is 0 Å². The highest BCUT2D eigenvalue weighted by Gasteiger charge is 2.33. The maximum atomic E-state index is 12.9. The largest absolute Gasteiger partial charge is 0.493 e. The summed E-state index contributed by atoms with van der Waals surface area (Å²) in [7, 11) is 1.47. The summed E-state index contributed by atoms with van der Waals surface area (Å²) in [6.07, 6.45) is 3.22. The van der Waals surface area contributed by atoms with Gasteiger partial charge in [-0.15, -0.1) is 11.3 Å². The summed E-state index contributed by atoms with van der Waals surface area (Å²) in [4.78, 5) is 34.8. The molecule has 1 aliphatic heterocycles. The van der Waals surface area contributed by atoms with E-state index in [0.717, 1.165) is 12.0 Å². The third-order valence-corrected chi connectivity index (χ3v) is 5.75. The summed E-state index contributed by atoms with van der Waals surface area (Å²) in [6, 6.07) is 5.07. The number of hydrogen-bond donors (Lipinski definition) is 1. The number of amidine groups is 1. The van der Waals surface area contributed by atoms with Crippen molar-refractivity contribution in [3.8, 4) is 11.5 Å². The average Bonchev–Trinajstić information content (AvgIpc) is 3.33. The monoisotopic (exact) mass is 447 g/mol. The van der Waals surface area contributed by atoms with Crippen molar-refractivity contribution >= 4 is 51.4 Å². The van der Waals surface area contributed by atoms with Gasteiger partial charge < -0.3 is 14.6 Å². The number of ether oxygens (including phenoxy) is 2. The van der Waals surface area contributed by atoms with Crippen LogP contribution in [0.4, 0.5) is 5.13 Å². The Kier molecular flexibility index (Phi) is 7.11. The molecule has 1 atom stereocenters. The van der Waals surface area contributed by atoms with Crippen molar-refractivity contribution in [2.24, 2.45) is 4.99 Å². The lowest BCUT2D eigenvalue weighted by molar-refractivity contribution is -0.144. The van der Waals surface area contributed by atoms with E-state index >= 15 is 0 Å². The quantitative estimate of drug-likeness (QED) is 0.610. The average molecular weight is 448 g/mol. The van der Waals surface area contributed by atoms with E-state index in [9.17, 15) is 9.59 Å². The molecule has 1 aromatic heterocycles. The number of methoxy groups -OCH3 is 1. The van der Waals surface area contributed by atoms with Gasteiger partial charge in [-0.25, -0.2) is 9.78 Å². The van der Waals surface area contributed by atoms with Gasteiger partial charge in [-0.05, 0) is 48.9 Å². The fourth-order valence-corrected chi connectivity index (χ4v) is 4.20. The van der Waals surface area contributed by atoms with Crippen molar-refractivity contribution < 1.29 is 24.2 Å². The number of thioether (sulfide) groups is 1. The second-order valence-electron chi connectivity index (χ2n) is 6.29. The molecule has 0 spiro atoms. The molecular weight excluding hydrogens is 426 g/mol. The van der Waals surface area contributed by atoms with Gasteiger partial charge in [0.15, 0.2) is 22.8 Å². The summed E-state index contributed by atoms with van der Waals surface area (Å²) in [5.74, 6) is -0.483. The summed E-state index contributed by atoms with van der Waals surface area (Å²) < 4.78 is 10.7. The van der Waals surface area contributed by atoms with Crippen molar-refractivity contribution in [2.75, 3.05) is 13.7 Å². The third kappa shape index (κ3) is 5.00. The SMILES string of the molecule is CCCN1C(=O)/C(=C\c2ccc(OC(C)C(=O)O)c(OC)c2)S/C1=N/c1nccs1. The van der Waals surface area contributed by atoms with Crippen LogP contribution in [0.15, 0.2) is 39.7 Å². The van der Waals surface area contributed by atoms with Crippen LogP contribution < -0.4 is 9.47 Å². The lowest BCUT2D eigenvalue weighted by Gasteiger charge is -2.14. The van der Waals surface area contributed by atoms with Crippen LogP contribution in [0.1, 0.15) is 25.8 Å². The molecule has 8 nitrogen and oxygen atoms in total. The van der Waals surface area contributed by atoms with E-state index < -0.39 is 12.1 Å². The molecule has 0 radical (unpaired) electrons. The zero-order valence-electron chi connectivity index (χ0n) is 16.7. The molecule has 0 bridgehead atoms. The molecule has 158 valence electrons. The predicted molar refractivity (Wildman–Crippen MR) is 118 cm³/mol. The molecule has 10 heteroatoms. The van der Waals surface area contributed by atoms with E-state index in [4.69, 9.17) is 14.6 Å². The zero-order valence-corrected chi connectivity index (χ0v) is 18.3. The standard InChI is InChI=1S/C20H21N3O5S2/c1-4-8-23-17(24)16(30-20(23)22-19-21-7-9-29-19)11-13-5-6-14(15(10-13)27-3)28-12(2)18(25)26/h5-7,9-12H,4,8H2,1-3H3,(H,25,26)/b16-11+,22-20+. The van der Waals surface area contributed by atoms with E-state index in [1.807, 2.05) is 12.3 Å². The van der Waals surface area contributed by atoms with Crippen LogP contribution in [-0.2, 0) is 9.59 Å². The molecule has 3 rings (SSSR count). The highest BCUT2D eigenvalue weighted by atomic mass is 32.2. The van der Waals surface area contributed by atoms with Crippen molar-refractivity contribution in [3.05, 3.63) is 40.2 Å². The number of rotatable bonds is 8. The van der Waals surface area contributed by atoms with Crippen LogP contribution in [-0.4, -0.2) is 51.8 Å². The van der Waals surface area contributed by atoms with E-state index in [2.05, 4.69) is 9.98 Å². The van der Waals surface area contributed by atoms with Gasteiger partial charge in [0.05, 0.1) is 12.0 Å². The first-order valence-electron chi connectivity index (χ1n) is 9.20. The van der Waals surface area contributed by atoms with Crippen LogP contribution in [0.3, 0.4) is 0 Å². The molecule has 1 saturated heterocycles. The number of aliphatic imine (C=N–C) groups is 1. The number of amides is 1. The molecule has 1 unspecified atom stereocenters. The Morgan fingerprint density at radius 2 is 2.20 bits per heavy atom. The number of carbonyl (C=O) groups is 2. The normalized spacial score (nSPS) is 17.6. The molecule has 2 heterocycles. The topological polar surface area (TPSA) is 101 Å². The highest BCUT2D eigenvalue weighted by Crippen LogP contribution is 2.36. The first kappa shape index (κ1) is 21.8. The predicted octanol–water partition coefficient (Wildman–Crippen LogP) is 4.02. The number of thiazole rings is 1. The van der Waals surface area contributed by atoms with Gasteiger partial charge in [0.25, 0.3) is 5.91 Å². The highest BCUT2D eigenvalue weighted by molar-refractivity contribution is 8.18. The summed E-state index contributed by atoms with van der Waals surface area (Å²) in [6.45, 7) is 4.01. The number of carboxylic acids is 1. The molecule has 1 N–H and O–H groups in total. The Labute approximate surface area is 182 Å². The van der Waals surface area contributed by atoms with E-state index in [1.54, 1.807) is 35.4 Å². The number of carbonyl (C=O) groups excluding carboxylic acids is 1. The van der Waals surface area contributed by atoms with E-state index in [1.165, 1.54) is 37.1 Å². The molecule has 0 saturated carbocycles. The van der Waals surface area contributed by atoms with Gasteiger partial charge in [0.1, 0.15) is 0 Å². The van der Waals surface area contributed by atoms with Crippen molar-refractivity contribution in [3.63, 3.8) is 0 Å². The molecule has 0 aliphatic carbocycles. The summed E-state index contributed by atoms with van der Waals surface area (Å²) in [5.41, 5.74) is 0.727. The second-order valence-corrected chi connectivity index (χ2v) is 8.17. The Bertz CT molecular complexity index is 988. The molecule has 1 aliphatic rings. The fraction of sp³-hybridized carbons (Fsp3) is 0.300. The van der Waals surface area contributed by atoms with Crippen LogP contribution >= 0.6 is 23.1 Å². The lowest BCUT2D eigenvalue weighted by Crippen LogP contribution is -2.29. The third-order valence-electron chi connectivity index (χ3n) is 4.08. The maximum absolute atomic E-state index is 12.9. The first-order valence-corrected chi connectivity index (χ1v) is 10.9. The maximum Gasteiger partial charge on any atom is 0.344 e. The number of nitrogens with zero attached hydrogens (tertiary/aromatic N) is 3. The molecule has 30 heavy (non-hydrogen) atoms. The van der Waals surface area contributed by atoms with E-state index in [0.29, 0.717) is 33.2 Å². The van der Waals surface area contributed by atoms with Crippen LogP contribution in [0, 0.1) is 0 Å². The molecule has 1 fully saturated rings. The van der Waals surface area contributed by atoms with Gasteiger partial charge in [-0.1, -0.05) is 13.0 Å². The minimum Gasteiger partial charge on any atom is -0.493 e. The van der Waals surface area contributed by atoms with Gasteiger partial charge in [-0.2, -0.15) is 4.99 Å². The fourth-order valence-electron chi connectivity index (χ4n) is 2.63. The summed E-state index contributed by atoms with van der Waals surface area (Å²) >= 11 is 2.70. The van der Waals surface area contributed by atoms with Gasteiger partial charge in [0, 0.05) is 18.1 Å². The summed E-state index contributed by atoms with van der Waals surface area (Å²) in [5, 5.41) is 12.1. The van der Waals surface area contributed by atoms with Gasteiger partial charge in [0.2, 0.25) is 5.13 Å². The Morgan fingerprint density at radius 3 is 2.83 bits per heavy atom. The van der Waals surface area contributed by atoms with E-state index in [-0.39, 0.29) is 5.91 Å². The Balaban J connectivity index is 1.88. The van der Waals surface area contributed by atoms with Crippen LogP contribution in [0.5, 0.6) is 11.5 Å². The Hall–Kier alpha value is -2.85. The minimum atomic E-state index is -1.07.